The van der Waals surface area contributed by atoms with Crippen LogP contribution in [0, 0.1) is 0 Å². The minimum atomic E-state index is -0.0123. The highest BCUT2D eigenvalue weighted by Gasteiger charge is 2.32. The molecule has 0 aliphatic carbocycles. The van der Waals surface area contributed by atoms with Gasteiger partial charge in [-0.2, -0.15) is 0 Å². The smallest absolute Gasteiger partial charge is 0.276 e. The number of nitrogens with one attached hydrogen (secondary N) is 1. The maximum Gasteiger partial charge on any atom is 0.276 e. The molecule has 3 heterocycles. The highest BCUT2D eigenvalue weighted by molar-refractivity contribution is 5.95. The Morgan fingerprint density at radius 1 is 1.33 bits per heavy atom. The largest absolute Gasteiger partial charge is 0.491 e. The molecule has 2 aliphatic rings. The summed E-state index contributed by atoms with van der Waals surface area (Å²) in [5, 5.41) is 3.37. The van der Waals surface area contributed by atoms with E-state index in [0.717, 1.165) is 45.7 Å². The highest BCUT2D eigenvalue weighted by atomic mass is 35.5. The van der Waals surface area contributed by atoms with Gasteiger partial charge in [-0.05, 0) is 25.5 Å². The molecule has 2 aliphatic heterocycles. The Hall–Kier alpha value is -1.08. The van der Waals surface area contributed by atoms with Crippen LogP contribution in [0.1, 0.15) is 23.8 Å². The Labute approximate surface area is 155 Å². The molecule has 0 radical (unpaired) electrons. The molecule has 1 aromatic heterocycles. The number of likely N-dealkylation sites (tertiary alicyclic amines) is 1. The van der Waals surface area contributed by atoms with Crippen LogP contribution in [0.15, 0.2) is 18.3 Å². The molecule has 1 atom stereocenters. The van der Waals surface area contributed by atoms with Gasteiger partial charge in [0.1, 0.15) is 0 Å². The molecule has 6 nitrogen and oxygen atoms in total. The van der Waals surface area contributed by atoms with Crippen LogP contribution in [0.4, 0.5) is 0 Å². The van der Waals surface area contributed by atoms with Crippen molar-refractivity contribution < 1.29 is 9.53 Å². The van der Waals surface area contributed by atoms with Crippen LogP contribution >= 0.6 is 24.8 Å². The van der Waals surface area contributed by atoms with Crippen LogP contribution in [0.5, 0.6) is 5.75 Å². The van der Waals surface area contributed by atoms with Crippen LogP contribution in [0.2, 0.25) is 0 Å². The minimum Gasteiger partial charge on any atom is -0.491 e. The normalized spacial score (nSPS) is 20.9. The second-order valence-corrected chi connectivity index (χ2v) is 5.76. The first kappa shape index (κ1) is 21.0. The molecule has 3 rings (SSSR count). The molecular weight excluding hydrogens is 351 g/mol. The minimum absolute atomic E-state index is 0. The van der Waals surface area contributed by atoms with E-state index in [2.05, 4.69) is 15.2 Å². The van der Waals surface area contributed by atoms with Gasteiger partial charge in [-0.25, -0.2) is 4.98 Å². The fraction of sp³-hybridized carbons (Fsp3) is 0.625. The summed E-state index contributed by atoms with van der Waals surface area (Å²) in [5.41, 5.74) is 0.435. The predicted molar refractivity (Wildman–Crippen MR) is 98.7 cm³/mol. The number of ether oxygens (including phenoxy) is 1. The third-order valence-electron chi connectivity index (χ3n) is 4.39. The summed E-state index contributed by atoms with van der Waals surface area (Å²) in [7, 11) is 0. The molecular formula is C16H26Cl2N4O2. The van der Waals surface area contributed by atoms with Crippen LogP contribution in [-0.2, 0) is 0 Å². The van der Waals surface area contributed by atoms with Crippen molar-refractivity contribution in [2.24, 2.45) is 0 Å². The van der Waals surface area contributed by atoms with Crippen LogP contribution in [0.25, 0.3) is 0 Å². The number of pyridine rings is 1. The maximum atomic E-state index is 12.7. The van der Waals surface area contributed by atoms with Gasteiger partial charge in [0.15, 0.2) is 11.4 Å². The van der Waals surface area contributed by atoms with Crippen molar-refractivity contribution in [3.63, 3.8) is 0 Å². The molecule has 0 aromatic carbocycles. The highest BCUT2D eigenvalue weighted by Crippen LogP contribution is 2.22. The average Bonchev–Trinajstić information content (AvgIpc) is 3.06. The molecule has 0 bridgehead atoms. The number of rotatable bonds is 4. The molecule has 1 amide bonds. The fourth-order valence-corrected chi connectivity index (χ4v) is 3.24. The third-order valence-corrected chi connectivity index (χ3v) is 4.39. The van der Waals surface area contributed by atoms with Gasteiger partial charge in [-0.15, -0.1) is 24.8 Å². The average molecular weight is 377 g/mol. The summed E-state index contributed by atoms with van der Waals surface area (Å²) >= 11 is 0. The summed E-state index contributed by atoms with van der Waals surface area (Å²) in [6.07, 6.45) is 2.70. The lowest BCUT2D eigenvalue weighted by Crippen LogP contribution is -2.49. The van der Waals surface area contributed by atoms with Crippen molar-refractivity contribution in [2.45, 2.75) is 19.4 Å². The Kier molecular flexibility index (Phi) is 8.76. The monoisotopic (exact) mass is 376 g/mol. The molecule has 136 valence electrons. The zero-order valence-corrected chi connectivity index (χ0v) is 15.6. The van der Waals surface area contributed by atoms with E-state index < -0.39 is 0 Å². The van der Waals surface area contributed by atoms with Crippen LogP contribution in [0.3, 0.4) is 0 Å². The van der Waals surface area contributed by atoms with Gasteiger partial charge in [0.2, 0.25) is 0 Å². The first-order valence-electron chi connectivity index (χ1n) is 8.11. The van der Waals surface area contributed by atoms with Crippen molar-refractivity contribution in [2.75, 3.05) is 45.9 Å². The van der Waals surface area contributed by atoms with E-state index in [4.69, 9.17) is 4.74 Å². The van der Waals surface area contributed by atoms with Crippen LogP contribution < -0.4 is 10.1 Å². The number of hydrogen-bond acceptors (Lipinski definition) is 5. The van der Waals surface area contributed by atoms with Crippen molar-refractivity contribution in [3.8, 4) is 5.75 Å². The summed E-state index contributed by atoms with van der Waals surface area (Å²) in [4.78, 5) is 21.4. The number of aromatic nitrogens is 1. The van der Waals surface area contributed by atoms with Gasteiger partial charge in [-0.1, -0.05) is 0 Å². The standard InChI is InChI=1S/C16H24N4O2.2ClH/c1-2-22-14-4-3-6-18-15(14)16(21)20-9-5-13(12-20)19-10-7-17-8-11-19;;/h3-4,6,13,17H,2,5,7-12H2,1H3;2*1H. The zero-order valence-electron chi connectivity index (χ0n) is 13.9. The Balaban J connectivity index is 0.00000144. The molecule has 24 heavy (non-hydrogen) atoms. The van der Waals surface area contributed by atoms with Gasteiger partial charge >= 0.3 is 0 Å². The summed E-state index contributed by atoms with van der Waals surface area (Å²) < 4.78 is 5.53. The van der Waals surface area contributed by atoms with Gasteiger partial charge in [-0.3, -0.25) is 9.69 Å². The molecule has 1 unspecified atom stereocenters. The molecule has 1 N–H and O–H groups in total. The van der Waals surface area contributed by atoms with Gasteiger partial charge < -0.3 is 15.0 Å². The number of halogens is 2. The van der Waals surface area contributed by atoms with E-state index in [1.165, 1.54) is 0 Å². The topological polar surface area (TPSA) is 57.7 Å². The Morgan fingerprint density at radius 3 is 2.79 bits per heavy atom. The summed E-state index contributed by atoms with van der Waals surface area (Å²) in [5.74, 6) is 0.572. The van der Waals surface area contributed by atoms with Gasteiger partial charge in [0.05, 0.1) is 6.61 Å². The number of piperazine rings is 1. The number of carbonyl (C=O) groups excluding carboxylic acids is 1. The van der Waals surface area contributed by atoms with E-state index in [1.807, 2.05) is 17.9 Å². The van der Waals surface area contributed by atoms with Gasteiger partial charge in [0, 0.05) is 51.5 Å². The molecule has 0 spiro atoms. The van der Waals surface area contributed by atoms with Crippen molar-refractivity contribution in [1.29, 1.82) is 0 Å². The lowest BCUT2D eigenvalue weighted by atomic mass is 10.2. The van der Waals surface area contributed by atoms with Gasteiger partial charge in [0.25, 0.3) is 5.91 Å². The quantitative estimate of drug-likeness (QED) is 0.861. The molecule has 1 aromatic rings. The second kappa shape index (κ2) is 10.0. The third kappa shape index (κ3) is 4.72. The Morgan fingerprint density at radius 2 is 2.08 bits per heavy atom. The zero-order chi connectivity index (χ0) is 15.4. The second-order valence-electron chi connectivity index (χ2n) is 5.76. The number of carbonyl (C=O) groups is 1. The SMILES string of the molecule is CCOc1cccnc1C(=O)N1CCC(N2CCNCC2)C1.Cl.Cl. The first-order chi connectivity index (χ1) is 10.8. The summed E-state index contributed by atoms with van der Waals surface area (Å²) in [6, 6.07) is 4.09. The maximum absolute atomic E-state index is 12.7. The molecule has 8 heteroatoms. The van der Waals surface area contributed by atoms with Crippen molar-refractivity contribution in [1.82, 2.24) is 20.1 Å². The van der Waals surface area contributed by atoms with E-state index in [0.29, 0.717) is 24.1 Å². The summed E-state index contributed by atoms with van der Waals surface area (Å²) in [6.45, 7) is 8.27. The van der Waals surface area contributed by atoms with Crippen LogP contribution in [-0.4, -0.2) is 72.6 Å². The first-order valence-corrected chi connectivity index (χ1v) is 8.11. The Bertz CT molecular complexity index is 527. The molecule has 2 fully saturated rings. The fourth-order valence-electron chi connectivity index (χ4n) is 3.24. The van der Waals surface area contributed by atoms with E-state index >= 15 is 0 Å². The van der Waals surface area contributed by atoms with E-state index in [-0.39, 0.29) is 30.7 Å². The number of hydrogen-bond donors (Lipinski definition) is 1. The predicted octanol–water partition coefficient (Wildman–Crippen LogP) is 1.44. The molecule has 0 saturated carbocycles. The number of amides is 1. The van der Waals surface area contributed by atoms with E-state index in [9.17, 15) is 4.79 Å². The van der Waals surface area contributed by atoms with Crippen molar-refractivity contribution >= 4 is 30.7 Å². The molecule has 2 saturated heterocycles. The number of nitrogens with zero attached hydrogens (tertiary/aromatic N) is 3. The lowest BCUT2D eigenvalue weighted by Gasteiger charge is -2.32. The van der Waals surface area contributed by atoms with E-state index in [1.54, 1.807) is 12.3 Å². The van der Waals surface area contributed by atoms with Crippen molar-refractivity contribution in [3.05, 3.63) is 24.0 Å². The lowest BCUT2D eigenvalue weighted by molar-refractivity contribution is 0.0763.